The first-order chi connectivity index (χ1) is 3.27. The van der Waals surface area contributed by atoms with E-state index >= 15 is 0 Å². The summed E-state index contributed by atoms with van der Waals surface area (Å²) in [6.07, 6.45) is 0. The lowest BCUT2D eigenvalue weighted by molar-refractivity contribution is 0.703. The maximum absolute atomic E-state index is 4.05. The fraction of sp³-hybridized carbons (Fsp3) is 1.00. The quantitative estimate of drug-likeness (QED) is 0.459. The Morgan fingerprint density at radius 2 is 2.14 bits per heavy atom. The fourth-order valence-electron chi connectivity index (χ4n) is 0.223. The Balaban J connectivity index is 2.68. The van der Waals surface area contributed by atoms with Crippen molar-refractivity contribution in [1.82, 2.24) is 4.31 Å². The molecular weight excluding hydrogens is 126 g/mol. The largest absolute Gasteiger partial charge is 0.257 e. The first-order valence-corrected chi connectivity index (χ1v) is 3.76. The highest BCUT2D eigenvalue weighted by Crippen LogP contribution is 2.01. The van der Waals surface area contributed by atoms with Crippen molar-refractivity contribution in [2.75, 3.05) is 25.6 Å². The van der Waals surface area contributed by atoms with E-state index in [4.69, 9.17) is 0 Å². The molecule has 0 rings (SSSR count). The van der Waals surface area contributed by atoms with Gasteiger partial charge in [0, 0.05) is 11.5 Å². The molecule has 44 valence electrons. The number of hydrogen-bond donors (Lipinski definition) is 1. The van der Waals surface area contributed by atoms with E-state index in [1.165, 1.54) is 0 Å². The molecule has 0 spiro atoms. The highest BCUT2D eigenvalue weighted by Gasteiger charge is 1.84. The van der Waals surface area contributed by atoms with E-state index in [1.54, 1.807) is 11.9 Å². The average molecular weight is 137 g/mol. The van der Waals surface area contributed by atoms with E-state index in [-0.39, 0.29) is 0 Å². The van der Waals surface area contributed by atoms with Gasteiger partial charge in [-0.3, -0.25) is 4.31 Å². The molecule has 0 bridgehead atoms. The molecule has 0 aliphatic rings. The molecule has 0 aromatic carbocycles. The first-order valence-electron chi connectivity index (χ1n) is 2.18. The van der Waals surface area contributed by atoms with Crippen LogP contribution in [0.5, 0.6) is 0 Å². The van der Waals surface area contributed by atoms with Crippen molar-refractivity contribution in [1.29, 1.82) is 0 Å². The summed E-state index contributed by atoms with van der Waals surface area (Å²) in [5, 5.41) is 0. The lowest BCUT2D eigenvalue weighted by Crippen LogP contribution is -2.00. The Bertz CT molecular complexity index is 38.7. The molecule has 0 radical (unpaired) electrons. The van der Waals surface area contributed by atoms with Crippen molar-refractivity contribution in [3.63, 3.8) is 0 Å². The molecule has 3 heteroatoms. The van der Waals surface area contributed by atoms with Crippen LogP contribution in [0.15, 0.2) is 0 Å². The third kappa shape index (κ3) is 6.66. The van der Waals surface area contributed by atoms with Gasteiger partial charge in [-0.2, -0.15) is 12.6 Å². The Labute approximate surface area is 55.0 Å². The normalized spacial score (nSPS) is 10.3. The van der Waals surface area contributed by atoms with Crippen LogP contribution < -0.4 is 0 Å². The molecule has 0 heterocycles. The molecule has 0 unspecified atom stereocenters. The maximum Gasteiger partial charge on any atom is 0.0169 e. The van der Waals surface area contributed by atoms with Crippen LogP contribution in [0, 0.1) is 0 Å². The lowest BCUT2D eigenvalue weighted by atomic mass is 11.0. The summed E-state index contributed by atoms with van der Waals surface area (Å²) in [5.41, 5.74) is 0. The van der Waals surface area contributed by atoms with Gasteiger partial charge < -0.3 is 0 Å². The van der Waals surface area contributed by atoms with Crippen LogP contribution in [0.3, 0.4) is 0 Å². The predicted octanol–water partition coefficient (Wildman–Crippen LogP) is 1.13. The summed E-state index contributed by atoms with van der Waals surface area (Å²) in [4.78, 5) is 0. The molecule has 0 saturated carbocycles. The van der Waals surface area contributed by atoms with Crippen LogP contribution in [0.4, 0.5) is 0 Å². The molecule has 0 aromatic heterocycles. The molecule has 7 heavy (non-hydrogen) atoms. The first kappa shape index (κ1) is 7.66. The molecular formula is C4H11NS2. The predicted molar refractivity (Wildman–Crippen MR) is 40.0 cm³/mol. The molecule has 0 amide bonds. The van der Waals surface area contributed by atoms with Gasteiger partial charge in [-0.1, -0.05) is 11.9 Å². The van der Waals surface area contributed by atoms with E-state index in [2.05, 4.69) is 16.9 Å². The van der Waals surface area contributed by atoms with Crippen molar-refractivity contribution in [3.05, 3.63) is 0 Å². The molecule has 0 saturated heterocycles. The molecule has 0 atom stereocenters. The standard InChI is InChI=1S/C4H11NS2/c1-5(2)7-4-3-6/h6H,3-4H2,1-2H3. The smallest absolute Gasteiger partial charge is 0.0169 e. The second kappa shape index (κ2) is 4.81. The molecule has 0 N–H and O–H groups in total. The molecule has 1 nitrogen and oxygen atoms in total. The zero-order chi connectivity index (χ0) is 5.70. The minimum absolute atomic E-state index is 0.961. The summed E-state index contributed by atoms with van der Waals surface area (Å²) in [7, 11) is 4.07. The van der Waals surface area contributed by atoms with Crippen LogP contribution in [0.25, 0.3) is 0 Å². The zero-order valence-electron chi connectivity index (χ0n) is 4.72. The molecule has 0 aliphatic heterocycles. The van der Waals surface area contributed by atoms with Gasteiger partial charge in [-0.15, -0.1) is 0 Å². The van der Waals surface area contributed by atoms with Gasteiger partial charge in [0.25, 0.3) is 0 Å². The van der Waals surface area contributed by atoms with Gasteiger partial charge in [-0.05, 0) is 14.1 Å². The highest BCUT2D eigenvalue weighted by molar-refractivity contribution is 7.97. The van der Waals surface area contributed by atoms with Crippen molar-refractivity contribution < 1.29 is 0 Å². The summed E-state index contributed by atoms with van der Waals surface area (Å²) in [5.74, 6) is 2.07. The van der Waals surface area contributed by atoms with E-state index in [0.717, 1.165) is 11.5 Å². The maximum atomic E-state index is 4.05. The van der Waals surface area contributed by atoms with Crippen molar-refractivity contribution in [2.45, 2.75) is 0 Å². The summed E-state index contributed by atoms with van der Waals surface area (Å²) < 4.78 is 2.08. The van der Waals surface area contributed by atoms with Crippen molar-refractivity contribution >= 4 is 24.6 Å². The van der Waals surface area contributed by atoms with Crippen LogP contribution >= 0.6 is 24.6 Å². The topological polar surface area (TPSA) is 3.24 Å². The Kier molecular flexibility index (Phi) is 5.26. The van der Waals surface area contributed by atoms with Crippen LogP contribution in [0.2, 0.25) is 0 Å². The minimum atomic E-state index is 0.961. The molecule has 0 aromatic rings. The van der Waals surface area contributed by atoms with E-state index < -0.39 is 0 Å². The number of rotatable bonds is 3. The van der Waals surface area contributed by atoms with Gasteiger partial charge in [-0.25, -0.2) is 0 Å². The second-order valence-corrected chi connectivity index (χ2v) is 3.21. The second-order valence-electron chi connectivity index (χ2n) is 1.37. The van der Waals surface area contributed by atoms with Gasteiger partial charge >= 0.3 is 0 Å². The van der Waals surface area contributed by atoms with Crippen LogP contribution in [-0.4, -0.2) is 29.9 Å². The highest BCUT2D eigenvalue weighted by atomic mass is 32.2. The van der Waals surface area contributed by atoms with Crippen LogP contribution in [-0.2, 0) is 0 Å². The fourth-order valence-corrected chi connectivity index (χ4v) is 0.915. The number of hydrogen-bond acceptors (Lipinski definition) is 3. The van der Waals surface area contributed by atoms with Crippen LogP contribution in [0.1, 0.15) is 0 Å². The summed E-state index contributed by atoms with van der Waals surface area (Å²) in [6, 6.07) is 0. The van der Waals surface area contributed by atoms with E-state index in [0.29, 0.717) is 0 Å². The SMILES string of the molecule is CN(C)SCCS. The Morgan fingerprint density at radius 1 is 1.57 bits per heavy atom. The van der Waals surface area contributed by atoms with E-state index in [1.807, 2.05) is 14.1 Å². The number of thiol groups is 1. The van der Waals surface area contributed by atoms with Crippen molar-refractivity contribution in [2.24, 2.45) is 0 Å². The van der Waals surface area contributed by atoms with Gasteiger partial charge in [0.2, 0.25) is 0 Å². The third-order valence-corrected chi connectivity index (χ3v) is 1.87. The van der Waals surface area contributed by atoms with E-state index in [9.17, 15) is 0 Å². The van der Waals surface area contributed by atoms with Gasteiger partial charge in [0.15, 0.2) is 0 Å². The number of nitrogens with zero attached hydrogens (tertiary/aromatic N) is 1. The van der Waals surface area contributed by atoms with Gasteiger partial charge in [0.05, 0.1) is 0 Å². The molecule has 0 fully saturated rings. The Hall–Kier alpha value is 0.660. The minimum Gasteiger partial charge on any atom is -0.257 e. The molecule has 0 aliphatic carbocycles. The zero-order valence-corrected chi connectivity index (χ0v) is 6.43. The third-order valence-electron chi connectivity index (χ3n) is 0.441. The van der Waals surface area contributed by atoms with Crippen molar-refractivity contribution in [3.8, 4) is 0 Å². The lowest BCUT2D eigenvalue weighted by Gasteiger charge is -2.04. The van der Waals surface area contributed by atoms with Gasteiger partial charge in [0.1, 0.15) is 0 Å². The monoisotopic (exact) mass is 137 g/mol. The summed E-state index contributed by atoms with van der Waals surface area (Å²) >= 11 is 5.84. The average Bonchev–Trinajstić information content (AvgIpc) is 1.61. The Morgan fingerprint density at radius 3 is 2.29 bits per heavy atom. The summed E-state index contributed by atoms with van der Waals surface area (Å²) in [6.45, 7) is 0.